The first-order valence-electron chi connectivity index (χ1n) is 11.0. The Bertz CT molecular complexity index is 766. The van der Waals surface area contributed by atoms with Gasteiger partial charge in [-0.25, -0.2) is 8.42 Å². The summed E-state index contributed by atoms with van der Waals surface area (Å²) in [6.07, 6.45) is 7.37. The lowest BCUT2D eigenvalue weighted by atomic mass is 10.2. The zero-order valence-electron chi connectivity index (χ0n) is 18.0. The van der Waals surface area contributed by atoms with Gasteiger partial charge in [-0.15, -0.1) is 0 Å². The SMILES string of the molecule is O=S(=O)(c1ccc(OCCCCCCO)cc1)c1ccc(OCCCCCCO)cc1. The number of hydrogen-bond donors (Lipinski definition) is 2. The molecule has 0 heterocycles. The number of aliphatic hydroxyl groups excluding tert-OH is 2. The van der Waals surface area contributed by atoms with Crippen LogP contribution in [-0.2, 0) is 9.84 Å². The Hall–Kier alpha value is -2.09. The number of aliphatic hydroxyl groups is 2. The van der Waals surface area contributed by atoms with Crippen molar-refractivity contribution in [2.75, 3.05) is 26.4 Å². The molecule has 0 amide bonds. The van der Waals surface area contributed by atoms with Gasteiger partial charge in [0.05, 0.1) is 23.0 Å². The van der Waals surface area contributed by atoms with Crippen LogP contribution in [0.3, 0.4) is 0 Å². The van der Waals surface area contributed by atoms with E-state index < -0.39 is 9.84 Å². The van der Waals surface area contributed by atoms with Crippen molar-refractivity contribution in [2.45, 2.75) is 61.2 Å². The highest BCUT2D eigenvalue weighted by molar-refractivity contribution is 7.91. The molecule has 0 radical (unpaired) electrons. The average Bonchev–Trinajstić information content (AvgIpc) is 2.79. The molecular formula is C24H34O6S. The molecule has 0 atom stereocenters. The second-order valence-electron chi connectivity index (χ2n) is 7.42. The topological polar surface area (TPSA) is 93.1 Å². The summed E-state index contributed by atoms with van der Waals surface area (Å²) in [6, 6.07) is 13.0. The molecule has 0 aliphatic heterocycles. The van der Waals surface area contributed by atoms with Gasteiger partial charge in [-0.1, -0.05) is 12.8 Å². The van der Waals surface area contributed by atoms with Crippen LogP contribution in [0, 0.1) is 0 Å². The summed E-state index contributed by atoms with van der Waals surface area (Å²) in [5.41, 5.74) is 0. The van der Waals surface area contributed by atoms with E-state index in [1.165, 1.54) is 0 Å². The van der Waals surface area contributed by atoms with Gasteiger partial charge in [0.2, 0.25) is 9.84 Å². The molecule has 172 valence electrons. The average molecular weight is 451 g/mol. The van der Waals surface area contributed by atoms with E-state index in [9.17, 15) is 8.42 Å². The standard InChI is InChI=1S/C24H34O6S/c25-17-5-1-3-7-19-29-21-9-13-23(14-10-21)31(27,28)24-15-11-22(12-16-24)30-20-8-4-2-6-18-26/h9-16,25-26H,1-8,17-20H2. The molecule has 31 heavy (non-hydrogen) atoms. The Labute approximate surface area is 185 Å². The molecule has 2 N–H and O–H groups in total. The molecule has 0 aliphatic carbocycles. The summed E-state index contributed by atoms with van der Waals surface area (Å²) in [4.78, 5) is 0.445. The van der Waals surface area contributed by atoms with Crippen LogP contribution < -0.4 is 9.47 Å². The lowest BCUT2D eigenvalue weighted by Gasteiger charge is -2.09. The van der Waals surface area contributed by atoms with E-state index in [-0.39, 0.29) is 23.0 Å². The smallest absolute Gasteiger partial charge is 0.206 e. The van der Waals surface area contributed by atoms with E-state index in [0.29, 0.717) is 24.7 Å². The van der Waals surface area contributed by atoms with Crippen LogP contribution in [0.25, 0.3) is 0 Å². The molecule has 2 aromatic carbocycles. The van der Waals surface area contributed by atoms with Crippen LogP contribution in [0.15, 0.2) is 58.3 Å². The van der Waals surface area contributed by atoms with E-state index in [1.807, 2.05) is 0 Å². The van der Waals surface area contributed by atoms with Gasteiger partial charge in [-0.05, 0) is 87.1 Å². The maximum atomic E-state index is 12.9. The molecule has 2 rings (SSSR count). The fourth-order valence-electron chi connectivity index (χ4n) is 3.08. The van der Waals surface area contributed by atoms with Gasteiger partial charge < -0.3 is 19.7 Å². The molecule has 0 spiro atoms. The lowest BCUT2D eigenvalue weighted by Crippen LogP contribution is -2.03. The highest BCUT2D eigenvalue weighted by Gasteiger charge is 2.17. The molecule has 0 aromatic heterocycles. The maximum absolute atomic E-state index is 12.9. The van der Waals surface area contributed by atoms with Crippen molar-refractivity contribution in [1.29, 1.82) is 0 Å². The fraction of sp³-hybridized carbons (Fsp3) is 0.500. The second-order valence-corrected chi connectivity index (χ2v) is 9.37. The third kappa shape index (κ3) is 8.89. The normalized spacial score (nSPS) is 11.4. The molecule has 0 aliphatic rings. The van der Waals surface area contributed by atoms with E-state index in [4.69, 9.17) is 19.7 Å². The third-order valence-electron chi connectivity index (χ3n) is 4.91. The van der Waals surface area contributed by atoms with Gasteiger partial charge in [0.1, 0.15) is 11.5 Å². The molecule has 0 saturated heterocycles. The van der Waals surface area contributed by atoms with Crippen molar-refractivity contribution in [1.82, 2.24) is 0 Å². The summed E-state index contributed by atoms with van der Waals surface area (Å²) in [5.74, 6) is 1.28. The summed E-state index contributed by atoms with van der Waals surface area (Å²) in [5, 5.41) is 17.5. The van der Waals surface area contributed by atoms with Gasteiger partial charge >= 0.3 is 0 Å². The van der Waals surface area contributed by atoms with Gasteiger partial charge in [-0.2, -0.15) is 0 Å². The van der Waals surface area contributed by atoms with Gasteiger partial charge in [0, 0.05) is 13.2 Å². The Morgan fingerprint density at radius 2 is 0.903 bits per heavy atom. The summed E-state index contributed by atoms with van der Waals surface area (Å²) in [6.45, 7) is 1.58. The Morgan fingerprint density at radius 3 is 1.26 bits per heavy atom. The zero-order chi connectivity index (χ0) is 22.4. The van der Waals surface area contributed by atoms with E-state index in [2.05, 4.69) is 0 Å². The Balaban J connectivity index is 1.83. The number of unbranched alkanes of at least 4 members (excludes halogenated alkanes) is 6. The predicted octanol–water partition coefficient (Wildman–Crippen LogP) is 4.38. The number of hydrogen-bond acceptors (Lipinski definition) is 6. The van der Waals surface area contributed by atoms with Crippen LogP contribution in [-0.4, -0.2) is 45.1 Å². The Kier molecular flexibility index (Phi) is 11.4. The first kappa shape index (κ1) is 25.2. The molecule has 2 aromatic rings. The predicted molar refractivity (Wildman–Crippen MR) is 120 cm³/mol. The first-order valence-corrected chi connectivity index (χ1v) is 12.5. The van der Waals surface area contributed by atoms with Crippen molar-refractivity contribution in [3.63, 3.8) is 0 Å². The molecule has 0 saturated carbocycles. The van der Waals surface area contributed by atoms with E-state index >= 15 is 0 Å². The Morgan fingerprint density at radius 1 is 0.548 bits per heavy atom. The van der Waals surface area contributed by atoms with Crippen molar-refractivity contribution in [2.24, 2.45) is 0 Å². The van der Waals surface area contributed by atoms with Crippen LogP contribution in [0.4, 0.5) is 0 Å². The first-order chi connectivity index (χ1) is 15.1. The highest BCUT2D eigenvalue weighted by Crippen LogP contribution is 2.25. The minimum absolute atomic E-state index is 0.221. The number of benzene rings is 2. The fourth-order valence-corrected chi connectivity index (χ4v) is 4.34. The quantitative estimate of drug-likeness (QED) is 0.369. The minimum atomic E-state index is -3.60. The van der Waals surface area contributed by atoms with Crippen LogP contribution >= 0.6 is 0 Å². The van der Waals surface area contributed by atoms with E-state index in [1.54, 1.807) is 48.5 Å². The highest BCUT2D eigenvalue weighted by atomic mass is 32.2. The van der Waals surface area contributed by atoms with Crippen LogP contribution in [0.5, 0.6) is 11.5 Å². The van der Waals surface area contributed by atoms with Gasteiger partial charge in [0.15, 0.2) is 0 Å². The summed E-state index contributed by atoms with van der Waals surface area (Å²) >= 11 is 0. The third-order valence-corrected chi connectivity index (χ3v) is 6.70. The van der Waals surface area contributed by atoms with Crippen molar-refractivity contribution in [3.8, 4) is 11.5 Å². The summed E-state index contributed by atoms with van der Waals surface area (Å²) < 4.78 is 37.0. The zero-order valence-corrected chi connectivity index (χ0v) is 18.9. The summed E-state index contributed by atoms with van der Waals surface area (Å²) in [7, 11) is -3.60. The molecule has 0 bridgehead atoms. The molecule has 0 unspecified atom stereocenters. The van der Waals surface area contributed by atoms with Crippen LogP contribution in [0.1, 0.15) is 51.4 Å². The monoisotopic (exact) mass is 450 g/mol. The van der Waals surface area contributed by atoms with E-state index in [0.717, 1.165) is 51.4 Å². The van der Waals surface area contributed by atoms with Crippen molar-refractivity contribution >= 4 is 9.84 Å². The number of sulfone groups is 1. The van der Waals surface area contributed by atoms with Crippen molar-refractivity contribution < 1.29 is 28.1 Å². The molecular weight excluding hydrogens is 416 g/mol. The lowest BCUT2D eigenvalue weighted by molar-refractivity contribution is 0.273. The van der Waals surface area contributed by atoms with Gasteiger partial charge in [0.25, 0.3) is 0 Å². The number of rotatable bonds is 16. The van der Waals surface area contributed by atoms with Crippen molar-refractivity contribution in [3.05, 3.63) is 48.5 Å². The minimum Gasteiger partial charge on any atom is -0.494 e. The largest absolute Gasteiger partial charge is 0.494 e. The van der Waals surface area contributed by atoms with Crippen LogP contribution in [0.2, 0.25) is 0 Å². The maximum Gasteiger partial charge on any atom is 0.206 e. The molecule has 7 heteroatoms. The molecule has 0 fully saturated rings. The van der Waals surface area contributed by atoms with Gasteiger partial charge in [-0.3, -0.25) is 0 Å². The molecule has 6 nitrogen and oxygen atoms in total. The number of ether oxygens (including phenoxy) is 2. The second kappa shape index (κ2) is 14.1.